The molecule has 1 atom stereocenters. The van der Waals surface area contributed by atoms with Crippen molar-refractivity contribution in [3.8, 4) is 0 Å². The molecule has 108 valence electrons. The number of hydrogen-bond donors (Lipinski definition) is 1. The number of aryl methyl sites for hydroxylation is 2. The summed E-state index contributed by atoms with van der Waals surface area (Å²) < 4.78 is 5.51. The highest BCUT2D eigenvalue weighted by Crippen LogP contribution is 2.35. The van der Waals surface area contributed by atoms with Crippen LogP contribution in [0.3, 0.4) is 0 Å². The van der Waals surface area contributed by atoms with Crippen LogP contribution in [-0.4, -0.2) is 35.2 Å². The van der Waals surface area contributed by atoms with Crippen LogP contribution in [0.1, 0.15) is 30.0 Å². The van der Waals surface area contributed by atoms with Gasteiger partial charge >= 0.3 is 12.1 Å². The number of carbonyl (C=O) groups excluding carboxylic acids is 1. The molecule has 0 radical (unpaired) electrons. The number of aliphatic carboxylic acids is 1. The average Bonchev–Trinajstić information content (AvgIpc) is 2.66. The number of cyclic esters (lactones) is 1. The molecular weight excluding hydrogens is 258 g/mol. The van der Waals surface area contributed by atoms with Crippen LogP contribution in [0.4, 0.5) is 4.79 Å². The molecule has 1 heterocycles. The van der Waals surface area contributed by atoms with Gasteiger partial charge in [-0.25, -0.2) is 4.79 Å². The Hall–Kier alpha value is -2.04. The van der Waals surface area contributed by atoms with Gasteiger partial charge in [0.1, 0.15) is 0 Å². The second-order valence-electron chi connectivity index (χ2n) is 5.48. The molecule has 0 bridgehead atoms. The minimum absolute atomic E-state index is 0.0714. The number of carboxylic acid groups (broad SMARTS) is 1. The van der Waals surface area contributed by atoms with E-state index >= 15 is 0 Å². The lowest BCUT2D eigenvalue weighted by molar-refractivity contribution is -0.137. The second kappa shape index (κ2) is 5.15. The van der Waals surface area contributed by atoms with E-state index in [2.05, 4.69) is 0 Å². The predicted molar refractivity (Wildman–Crippen MR) is 73.6 cm³/mol. The molecule has 1 N–H and O–H groups in total. The number of hydrogen-bond acceptors (Lipinski definition) is 3. The Kier molecular flexibility index (Phi) is 3.70. The highest BCUT2D eigenvalue weighted by molar-refractivity contribution is 5.73. The Morgan fingerprint density at radius 3 is 2.80 bits per heavy atom. The van der Waals surface area contributed by atoms with Crippen LogP contribution in [0, 0.1) is 13.8 Å². The number of nitrogens with zero attached hydrogens (tertiary/aromatic N) is 1. The molecule has 20 heavy (non-hydrogen) atoms. The van der Waals surface area contributed by atoms with E-state index in [4.69, 9.17) is 9.84 Å². The number of amides is 1. The standard InChI is InChI=1S/C15H19NO4/c1-10-4-5-11(2)12(8-10)15(3)9-16(14(19)20-15)7-6-13(17)18/h4-5,8H,6-7,9H2,1-3H3,(H,17,18). The molecule has 0 spiro atoms. The zero-order valence-electron chi connectivity index (χ0n) is 12.0. The molecule has 1 fully saturated rings. The van der Waals surface area contributed by atoms with Gasteiger partial charge < -0.3 is 14.7 Å². The summed E-state index contributed by atoms with van der Waals surface area (Å²) in [5.41, 5.74) is 2.42. The first-order chi connectivity index (χ1) is 9.32. The lowest BCUT2D eigenvalue weighted by atomic mass is 9.90. The molecule has 1 amide bonds. The number of benzene rings is 1. The molecule has 1 aliphatic rings. The Balaban J connectivity index is 2.22. The number of carboxylic acids is 1. The first kappa shape index (κ1) is 14.4. The Labute approximate surface area is 118 Å². The Bertz CT molecular complexity index is 555. The Morgan fingerprint density at radius 2 is 2.15 bits per heavy atom. The second-order valence-corrected chi connectivity index (χ2v) is 5.48. The molecule has 1 aliphatic heterocycles. The molecule has 0 aliphatic carbocycles. The van der Waals surface area contributed by atoms with E-state index in [1.807, 2.05) is 39.0 Å². The van der Waals surface area contributed by atoms with Crippen LogP contribution in [0.2, 0.25) is 0 Å². The lowest BCUT2D eigenvalue weighted by Crippen LogP contribution is -2.31. The van der Waals surface area contributed by atoms with E-state index in [9.17, 15) is 9.59 Å². The predicted octanol–water partition coefficient (Wildman–Crippen LogP) is 2.45. The highest BCUT2D eigenvalue weighted by Gasteiger charge is 2.43. The largest absolute Gasteiger partial charge is 0.481 e. The number of carbonyl (C=O) groups is 2. The molecule has 2 rings (SSSR count). The van der Waals surface area contributed by atoms with Crippen molar-refractivity contribution in [2.45, 2.75) is 32.8 Å². The molecule has 1 aromatic carbocycles. The fourth-order valence-corrected chi connectivity index (χ4v) is 2.56. The minimum atomic E-state index is -0.918. The summed E-state index contributed by atoms with van der Waals surface area (Å²) in [6, 6.07) is 6.04. The summed E-state index contributed by atoms with van der Waals surface area (Å²) in [6.45, 7) is 6.39. The zero-order valence-corrected chi connectivity index (χ0v) is 12.0. The van der Waals surface area contributed by atoms with Gasteiger partial charge in [0.25, 0.3) is 0 Å². The zero-order chi connectivity index (χ0) is 14.9. The highest BCUT2D eigenvalue weighted by atomic mass is 16.6. The maximum atomic E-state index is 11.9. The topological polar surface area (TPSA) is 66.8 Å². The van der Waals surface area contributed by atoms with Gasteiger partial charge in [-0.3, -0.25) is 4.79 Å². The molecule has 5 heteroatoms. The van der Waals surface area contributed by atoms with Crippen LogP contribution in [0.5, 0.6) is 0 Å². The molecular formula is C15H19NO4. The summed E-state index contributed by atoms with van der Waals surface area (Å²) in [7, 11) is 0. The van der Waals surface area contributed by atoms with Crippen LogP contribution in [0.15, 0.2) is 18.2 Å². The first-order valence-corrected chi connectivity index (χ1v) is 6.59. The van der Waals surface area contributed by atoms with Crippen molar-refractivity contribution in [3.63, 3.8) is 0 Å². The maximum absolute atomic E-state index is 11.9. The number of ether oxygens (including phenoxy) is 1. The molecule has 1 saturated heterocycles. The van der Waals surface area contributed by atoms with E-state index in [0.29, 0.717) is 6.54 Å². The van der Waals surface area contributed by atoms with Crippen molar-refractivity contribution in [3.05, 3.63) is 34.9 Å². The monoisotopic (exact) mass is 277 g/mol. The fraction of sp³-hybridized carbons (Fsp3) is 0.467. The fourth-order valence-electron chi connectivity index (χ4n) is 2.56. The minimum Gasteiger partial charge on any atom is -0.481 e. The van der Waals surface area contributed by atoms with Crippen molar-refractivity contribution < 1.29 is 19.4 Å². The third-order valence-electron chi connectivity index (χ3n) is 3.62. The van der Waals surface area contributed by atoms with Crippen molar-refractivity contribution >= 4 is 12.1 Å². The SMILES string of the molecule is Cc1ccc(C)c(C2(C)CN(CCC(=O)O)C(=O)O2)c1. The van der Waals surface area contributed by atoms with Crippen molar-refractivity contribution in [1.82, 2.24) is 4.90 Å². The van der Waals surface area contributed by atoms with E-state index < -0.39 is 17.7 Å². The molecule has 1 aromatic rings. The van der Waals surface area contributed by atoms with Crippen LogP contribution >= 0.6 is 0 Å². The van der Waals surface area contributed by atoms with E-state index in [1.54, 1.807) is 0 Å². The van der Waals surface area contributed by atoms with Gasteiger partial charge in [-0.2, -0.15) is 0 Å². The lowest BCUT2D eigenvalue weighted by Gasteiger charge is -2.24. The summed E-state index contributed by atoms with van der Waals surface area (Å²) in [5, 5.41) is 8.71. The van der Waals surface area contributed by atoms with Crippen molar-refractivity contribution in [2.75, 3.05) is 13.1 Å². The summed E-state index contributed by atoms with van der Waals surface area (Å²) in [4.78, 5) is 24.0. The summed E-state index contributed by atoms with van der Waals surface area (Å²) in [5.74, 6) is -0.918. The third-order valence-corrected chi connectivity index (χ3v) is 3.62. The molecule has 5 nitrogen and oxygen atoms in total. The Morgan fingerprint density at radius 1 is 1.45 bits per heavy atom. The van der Waals surface area contributed by atoms with Crippen LogP contribution in [-0.2, 0) is 15.1 Å². The van der Waals surface area contributed by atoms with E-state index in [1.165, 1.54) is 4.90 Å². The number of rotatable bonds is 4. The van der Waals surface area contributed by atoms with E-state index in [0.717, 1.165) is 16.7 Å². The maximum Gasteiger partial charge on any atom is 0.410 e. The summed E-state index contributed by atoms with van der Waals surface area (Å²) in [6.07, 6.45) is -0.521. The average molecular weight is 277 g/mol. The van der Waals surface area contributed by atoms with Gasteiger partial charge in [-0.1, -0.05) is 23.8 Å². The molecule has 0 aromatic heterocycles. The van der Waals surface area contributed by atoms with Gasteiger partial charge in [0.15, 0.2) is 5.60 Å². The smallest absolute Gasteiger partial charge is 0.410 e. The molecule has 1 unspecified atom stereocenters. The molecule has 0 saturated carbocycles. The first-order valence-electron chi connectivity index (χ1n) is 6.59. The van der Waals surface area contributed by atoms with E-state index in [-0.39, 0.29) is 13.0 Å². The van der Waals surface area contributed by atoms with Crippen LogP contribution < -0.4 is 0 Å². The normalized spacial score (nSPS) is 21.9. The van der Waals surface area contributed by atoms with Gasteiger partial charge in [-0.15, -0.1) is 0 Å². The quantitative estimate of drug-likeness (QED) is 0.918. The third kappa shape index (κ3) is 2.76. The van der Waals surface area contributed by atoms with Crippen molar-refractivity contribution in [2.24, 2.45) is 0 Å². The van der Waals surface area contributed by atoms with Crippen LogP contribution in [0.25, 0.3) is 0 Å². The van der Waals surface area contributed by atoms with Gasteiger partial charge in [0.05, 0.1) is 13.0 Å². The van der Waals surface area contributed by atoms with Gasteiger partial charge in [-0.05, 0) is 26.3 Å². The van der Waals surface area contributed by atoms with Gasteiger partial charge in [0, 0.05) is 12.1 Å². The van der Waals surface area contributed by atoms with Crippen molar-refractivity contribution in [1.29, 1.82) is 0 Å². The summed E-state index contributed by atoms with van der Waals surface area (Å²) >= 11 is 0. The van der Waals surface area contributed by atoms with Gasteiger partial charge in [0.2, 0.25) is 0 Å².